The molecule has 0 radical (unpaired) electrons. The summed E-state index contributed by atoms with van der Waals surface area (Å²) in [7, 11) is 0. The third-order valence-electron chi connectivity index (χ3n) is 2.95. The summed E-state index contributed by atoms with van der Waals surface area (Å²) < 4.78 is 15.5. The van der Waals surface area contributed by atoms with Crippen LogP contribution in [0, 0.1) is 9.39 Å². The lowest BCUT2D eigenvalue weighted by molar-refractivity contribution is 0.0683. The summed E-state index contributed by atoms with van der Waals surface area (Å²) in [5.41, 5.74) is 1.26. The number of aromatic carboxylic acids is 1. The predicted octanol–water partition coefficient (Wildman–Crippen LogP) is 3.73. The largest absolute Gasteiger partial charge is 0.477 e. The summed E-state index contributed by atoms with van der Waals surface area (Å²) in [6.45, 7) is 1.95. The van der Waals surface area contributed by atoms with E-state index >= 15 is 0 Å². The van der Waals surface area contributed by atoms with Crippen LogP contribution in [0.4, 0.5) is 4.39 Å². The molecule has 0 fully saturated rings. The normalized spacial score (nSPS) is 12.4. The number of carboxylic acid groups (broad SMARTS) is 1. The average molecular weight is 373 g/mol. The quantitative estimate of drug-likeness (QED) is 0.830. The SMILES string of the molecule is CC(Cc1ccc(F)cc1)n1cc(I)cc1C(=O)O. The highest BCUT2D eigenvalue weighted by Crippen LogP contribution is 2.20. The van der Waals surface area contributed by atoms with Gasteiger partial charge in [0.15, 0.2) is 0 Å². The Labute approximate surface area is 124 Å². The van der Waals surface area contributed by atoms with Crippen LogP contribution in [0.5, 0.6) is 0 Å². The van der Waals surface area contributed by atoms with Crippen molar-refractivity contribution >= 4 is 28.6 Å². The van der Waals surface area contributed by atoms with Crippen molar-refractivity contribution in [3.63, 3.8) is 0 Å². The Morgan fingerprint density at radius 2 is 2.05 bits per heavy atom. The van der Waals surface area contributed by atoms with E-state index in [-0.39, 0.29) is 17.6 Å². The first-order chi connectivity index (χ1) is 8.97. The van der Waals surface area contributed by atoms with Crippen LogP contribution < -0.4 is 0 Å². The van der Waals surface area contributed by atoms with E-state index in [1.807, 2.05) is 13.1 Å². The lowest BCUT2D eigenvalue weighted by Gasteiger charge is -2.16. The highest BCUT2D eigenvalue weighted by molar-refractivity contribution is 14.1. The van der Waals surface area contributed by atoms with Crippen LogP contribution in [-0.4, -0.2) is 15.6 Å². The fourth-order valence-corrected chi connectivity index (χ4v) is 2.64. The van der Waals surface area contributed by atoms with Gasteiger partial charge in [0.1, 0.15) is 11.5 Å². The van der Waals surface area contributed by atoms with E-state index in [1.54, 1.807) is 22.8 Å². The Balaban J connectivity index is 2.22. The first kappa shape index (κ1) is 14.0. The summed E-state index contributed by atoms with van der Waals surface area (Å²) in [4.78, 5) is 11.2. The van der Waals surface area contributed by atoms with Gasteiger partial charge in [-0.3, -0.25) is 0 Å². The second kappa shape index (κ2) is 5.73. The van der Waals surface area contributed by atoms with E-state index < -0.39 is 5.97 Å². The molecule has 1 N–H and O–H groups in total. The molecule has 2 aromatic rings. The Hall–Kier alpha value is -1.37. The Bertz CT molecular complexity index is 592. The second-order valence-corrected chi connectivity index (χ2v) is 5.68. The topological polar surface area (TPSA) is 42.2 Å². The fourth-order valence-electron chi connectivity index (χ4n) is 2.04. The Morgan fingerprint density at radius 1 is 1.42 bits per heavy atom. The zero-order valence-electron chi connectivity index (χ0n) is 10.3. The van der Waals surface area contributed by atoms with Gasteiger partial charge in [-0.1, -0.05) is 12.1 Å². The minimum atomic E-state index is -0.936. The molecule has 0 bridgehead atoms. The second-order valence-electron chi connectivity index (χ2n) is 4.44. The maximum Gasteiger partial charge on any atom is 0.352 e. The van der Waals surface area contributed by atoms with E-state index in [0.29, 0.717) is 6.42 Å². The lowest BCUT2D eigenvalue weighted by Crippen LogP contribution is -2.13. The smallest absolute Gasteiger partial charge is 0.352 e. The van der Waals surface area contributed by atoms with E-state index in [9.17, 15) is 9.18 Å². The number of rotatable bonds is 4. The predicted molar refractivity (Wildman–Crippen MR) is 78.9 cm³/mol. The summed E-state index contributed by atoms with van der Waals surface area (Å²) >= 11 is 2.09. The molecule has 0 amide bonds. The van der Waals surface area contributed by atoms with Crippen LogP contribution in [0.2, 0.25) is 0 Å². The number of benzene rings is 1. The molecule has 1 unspecified atom stereocenters. The highest BCUT2D eigenvalue weighted by Gasteiger charge is 2.16. The lowest BCUT2D eigenvalue weighted by atomic mass is 10.1. The number of nitrogens with zero attached hydrogens (tertiary/aromatic N) is 1. The molecule has 1 atom stereocenters. The van der Waals surface area contributed by atoms with Gasteiger partial charge in [0.05, 0.1) is 0 Å². The number of halogens is 2. The number of carbonyl (C=O) groups is 1. The minimum absolute atomic E-state index is 0.0000715. The monoisotopic (exact) mass is 373 g/mol. The van der Waals surface area contributed by atoms with Gasteiger partial charge in [-0.2, -0.15) is 0 Å². The molecular weight excluding hydrogens is 360 g/mol. The van der Waals surface area contributed by atoms with Gasteiger partial charge in [-0.05, 0) is 59.7 Å². The number of hydrogen-bond donors (Lipinski definition) is 1. The number of carboxylic acids is 1. The molecule has 0 saturated carbocycles. The third kappa shape index (κ3) is 3.34. The average Bonchev–Trinajstić information content (AvgIpc) is 2.74. The van der Waals surface area contributed by atoms with Crippen molar-refractivity contribution in [3.05, 3.63) is 57.2 Å². The maximum absolute atomic E-state index is 12.8. The van der Waals surface area contributed by atoms with Crippen molar-refractivity contribution in [2.75, 3.05) is 0 Å². The van der Waals surface area contributed by atoms with Gasteiger partial charge >= 0.3 is 5.97 Å². The van der Waals surface area contributed by atoms with E-state index in [2.05, 4.69) is 22.6 Å². The molecule has 1 aromatic carbocycles. The Morgan fingerprint density at radius 3 is 2.63 bits per heavy atom. The standard InChI is InChI=1S/C14H13FINO2/c1-9(6-10-2-4-11(15)5-3-10)17-8-12(16)7-13(17)14(18)19/h2-5,7-9H,6H2,1H3,(H,18,19). The third-order valence-corrected chi connectivity index (χ3v) is 3.54. The summed E-state index contributed by atoms with van der Waals surface area (Å²) in [5.74, 6) is -1.20. The highest BCUT2D eigenvalue weighted by atomic mass is 127. The molecule has 100 valence electrons. The molecule has 0 aliphatic heterocycles. The summed E-state index contributed by atoms with van der Waals surface area (Å²) in [5, 5.41) is 9.16. The minimum Gasteiger partial charge on any atom is -0.477 e. The van der Waals surface area contributed by atoms with Crippen LogP contribution >= 0.6 is 22.6 Å². The van der Waals surface area contributed by atoms with Crippen molar-refractivity contribution in [2.45, 2.75) is 19.4 Å². The van der Waals surface area contributed by atoms with Crippen molar-refractivity contribution in [3.8, 4) is 0 Å². The Kier molecular flexibility index (Phi) is 4.24. The van der Waals surface area contributed by atoms with Crippen LogP contribution in [0.1, 0.15) is 29.0 Å². The molecule has 1 aromatic heterocycles. The maximum atomic E-state index is 12.8. The van der Waals surface area contributed by atoms with Crippen LogP contribution in [0.15, 0.2) is 36.5 Å². The molecular formula is C14H13FINO2. The first-order valence-corrected chi connectivity index (χ1v) is 6.90. The summed E-state index contributed by atoms with van der Waals surface area (Å²) in [6.07, 6.45) is 2.48. The van der Waals surface area contributed by atoms with Crippen molar-refractivity contribution in [2.24, 2.45) is 0 Å². The number of aromatic nitrogens is 1. The van der Waals surface area contributed by atoms with Crippen molar-refractivity contribution in [1.82, 2.24) is 4.57 Å². The molecule has 0 aliphatic carbocycles. The zero-order chi connectivity index (χ0) is 14.0. The van der Waals surface area contributed by atoms with Gasteiger partial charge in [0.25, 0.3) is 0 Å². The molecule has 5 heteroatoms. The van der Waals surface area contributed by atoms with E-state index in [4.69, 9.17) is 5.11 Å². The summed E-state index contributed by atoms with van der Waals surface area (Å²) in [6, 6.07) is 7.92. The van der Waals surface area contributed by atoms with Crippen LogP contribution in [0.25, 0.3) is 0 Å². The fraction of sp³-hybridized carbons (Fsp3) is 0.214. The molecule has 0 spiro atoms. The zero-order valence-corrected chi connectivity index (χ0v) is 12.5. The van der Waals surface area contributed by atoms with Gasteiger partial charge < -0.3 is 9.67 Å². The first-order valence-electron chi connectivity index (χ1n) is 5.82. The molecule has 1 heterocycles. The van der Waals surface area contributed by atoms with Crippen LogP contribution in [-0.2, 0) is 6.42 Å². The van der Waals surface area contributed by atoms with E-state index in [0.717, 1.165) is 9.13 Å². The van der Waals surface area contributed by atoms with Crippen molar-refractivity contribution < 1.29 is 14.3 Å². The van der Waals surface area contributed by atoms with Crippen molar-refractivity contribution in [1.29, 1.82) is 0 Å². The molecule has 19 heavy (non-hydrogen) atoms. The molecule has 2 rings (SSSR count). The van der Waals surface area contributed by atoms with Gasteiger partial charge in [-0.15, -0.1) is 0 Å². The van der Waals surface area contributed by atoms with E-state index in [1.165, 1.54) is 12.1 Å². The molecule has 3 nitrogen and oxygen atoms in total. The van der Waals surface area contributed by atoms with Gasteiger partial charge in [0, 0.05) is 15.8 Å². The molecule has 0 aliphatic rings. The van der Waals surface area contributed by atoms with Gasteiger partial charge in [0.2, 0.25) is 0 Å². The van der Waals surface area contributed by atoms with Gasteiger partial charge in [-0.25, -0.2) is 9.18 Å². The number of hydrogen-bond acceptors (Lipinski definition) is 1. The van der Waals surface area contributed by atoms with Crippen LogP contribution in [0.3, 0.4) is 0 Å². The molecule has 0 saturated heterocycles.